The minimum Gasteiger partial charge on any atom is -0.460 e. The van der Waals surface area contributed by atoms with Crippen molar-refractivity contribution in [3.8, 4) is 6.01 Å². The van der Waals surface area contributed by atoms with Gasteiger partial charge in [-0.15, -0.1) is 0 Å². The Morgan fingerprint density at radius 3 is 2.65 bits per heavy atom. The van der Waals surface area contributed by atoms with E-state index in [0.717, 1.165) is 18.4 Å². The fourth-order valence-corrected chi connectivity index (χ4v) is 2.93. The summed E-state index contributed by atoms with van der Waals surface area (Å²) < 4.78 is 26.2. The van der Waals surface area contributed by atoms with Crippen LogP contribution in [0.2, 0.25) is 0 Å². The standard InChI is InChI=1S/C16H19BrFN3O2/c1-9-8-11-14(13(18)12(9)17)19-16(20-15(11)21(2)3)23-10-4-6-22-7-5-10/h8,10H,4-7H2,1-3H3. The topological polar surface area (TPSA) is 47.5 Å². The van der Waals surface area contributed by atoms with E-state index >= 15 is 0 Å². The molecule has 23 heavy (non-hydrogen) atoms. The number of hydrogen-bond acceptors (Lipinski definition) is 5. The van der Waals surface area contributed by atoms with Gasteiger partial charge in [-0.25, -0.2) is 4.39 Å². The van der Waals surface area contributed by atoms with Gasteiger partial charge in [-0.1, -0.05) is 0 Å². The number of ether oxygens (including phenoxy) is 2. The summed E-state index contributed by atoms with van der Waals surface area (Å²) >= 11 is 3.28. The van der Waals surface area contributed by atoms with Gasteiger partial charge in [0.1, 0.15) is 17.4 Å². The smallest absolute Gasteiger partial charge is 0.319 e. The summed E-state index contributed by atoms with van der Waals surface area (Å²) in [6.07, 6.45) is 1.59. The average Bonchev–Trinajstić information content (AvgIpc) is 2.54. The van der Waals surface area contributed by atoms with Crippen LogP contribution in [0.25, 0.3) is 10.9 Å². The molecule has 1 aromatic carbocycles. The average molecular weight is 384 g/mol. The fourth-order valence-electron chi connectivity index (χ4n) is 2.63. The quantitative estimate of drug-likeness (QED) is 0.811. The summed E-state index contributed by atoms with van der Waals surface area (Å²) in [5.74, 6) is 0.258. The third-order valence-electron chi connectivity index (χ3n) is 3.88. The summed E-state index contributed by atoms with van der Waals surface area (Å²) in [6.45, 7) is 3.17. The summed E-state index contributed by atoms with van der Waals surface area (Å²) in [5, 5.41) is 0.674. The van der Waals surface area contributed by atoms with E-state index in [4.69, 9.17) is 9.47 Å². The predicted molar refractivity (Wildman–Crippen MR) is 90.7 cm³/mol. The van der Waals surface area contributed by atoms with Crippen LogP contribution in [0.4, 0.5) is 10.2 Å². The molecule has 0 bridgehead atoms. The molecule has 0 unspecified atom stereocenters. The van der Waals surface area contributed by atoms with E-state index in [1.165, 1.54) is 0 Å². The molecule has 1 aliphatic rings. The number of aromatic nitrogens is 2. The van der Waals surface area contributed by atoms with Crippen LogP contribution in [-0.2, 0) is 4.74 Å². The Balaban J connectivity index is 2.09. The minimum absolute atomic E-state index is 0.00756. The maximum atomic E-state index is 14.6. The maximum absolute atomic E-state index is 14.6. The molecule has 3 rings (SSSR count). The lowest BCUT2D eigenvalue weighted by Gasteiger charge is -2.23. The van der Waals surface area contributed by atoms with Gasteiger partial charge < -0.3 is 14.4 Å². The molecule has 1 aliphatic heterocycles. The Labute approximate surface area is 142 Å². The van der Waals surface area contributed by atoms with Crippen molar-refractivity contribution in [1.82, 2.24) is 9.97 Å². The Hall–Kier alpha value is -1.47. The largest absolute Gasteiger partial charge is 0.460 e. The predicted octanol–water partition coefficient (Wildman–Crippen LogP) is 3.46. The molecule has 5 nitrogen and oxygen atoms in total. The number of benzene rings is 1. The van der Waals surface area contributed by atoms with E-state index in [1.807, 2.05) is 32.0 Å². The number of anilines is 1. The van der Waals surface area contributed by atoms with Crippen LogP contribution >= 0.6 is 15.9 Å². The molecule has 0 aliphatic carbocycles. The van der Waals surface area contributed by atoms with E-state index < -0.39 is 0 Å². The Bertz CT molecular complexity index is 733. The van der Waals surface area contributed by atoms with Gasteiger partial charge in [0.25, 0.3) is 0 Å². The van der Waals surface area contributed by atoms with E-state index in [0.29, 0.717) is 28.9 Å². The zero-order valence-electron chi connectivity index (χ0n) is 13.4. The molecule has 0 radical (unpaired) electrons. The van der Waals surface area contributed by atoms with E-state index in [-0.39, 0.29) is 23.4 Å². The third-order valence-corrected chi connectivity index (χ3v) is 4.85. The zero-order chi connectivity index (χ0) is 16.6. The number of fused-ring (bicyclic) bond motifs is 1. The summed E-state index contributed by atoms with van der Waals surface area (Å²) in [5.41, 5.74) is 1.07. The van der Waals surface area contributed by atoms with Gasteiger partial charge in [0.2, 0.25) is 0 Å². The first-order valence-electron chi connectivity index (χ1n) is 7.55. The number of rotatable bonds is 3. The molecule has 124 valence electrons. The van der Waals surface area contributed by atoms with Gasteiger partial charge in [0, 0.05) is 32.3 Å². The Morgan fingerprint density at radius 2 is 2.00 bits per heavy atom. The number of nitrogens with zero attached hydrogens (tertiary/aromatic N) is 3. The Morgan fingerprint density at radius 1 is 1.30 bits per heavy atom. The lowest BCUT2D eigenvalue weighted by atomic mass is 10.1. The molecule has 0 atom stereocenters. The number of aryl methyl sites for hydroxylation is 1. The highest BCUT2D eigenvalue weighted by Crippen LogP contribution is 2.33. The van der Waals surface area contributed by atoms with E-state index in [9.17, 15) is 4.39 Å². The van der Waals surface area contributed by atoms with Crippen molar-refractivity contribution in [3.63, 3.8) is 0 Å². The zero-order valence-corrected chi connectivity index (χ0v) is 15.0. The van der Waals surface area contributed by atoms with E-state index in [2.05, 4.69) is 25.9 Å². The summed E-state index contributed by atoms with van der Waals surface area (Å²) in [6, 6.07) is 2.10. The van der Waals surface area contributed by atoms with Gasteiger partial charge in [-0.2, -0.15) is 9.97 Å². The van der Waals surface area contributed by atoms with Crippen molar-refractivity contribution in [3.05, 3.63) is 21.9 Å². The summed E-state index contributed by atoms with van der Waals surface area (Å²) in [7, 11) is 3.74. The van der Waals surface area contributed by atoms with Crippen LogP contribution < -0.4 is 9.64 Å². The molecule has 2 aromatic rings. The van der Waals surface area contributed by atoms with E-state index in [1.54, 1.807) is 0 Å². The normalized spacial score (nSPS) is 15.9. The van der Waals surface area contributed by atoms with Crippen molar-refractivity contribution in [2.75, 3.05) is 32.2 Å². The van der Waals surface area contributed by atoms with Gasteiger partial charge in [0.15, 0.2) is 5.82 Å². The molecule has 7 heteroatoms. The SMILES string of the molecule is Cc1cc2c(N(C)C)nc(OC3CCOCC3)nc2c(F)c1Br. The van der Waals surface area contributed by atoms with Gasteiger partial charge in [-0.3, -0.25) is 0 Å². The van der Waals surface area contributed by atoms with Gasteiger partial charge in [-0.05, 0) is 34.5 Å². The van der Waals surface area contributed by atoms with Crippen LogP contribution in [0.1, 0.15) is 18.4 Å². The number of hydrogen-bond donors (Lipinski definition) is 0. The van der Waals surface area contributed by atoms with Crippen LogP contribution in [-0.4, -0.2) is 43.4 Å². The van der Waals surface area contributed by atoms with Crippen molar-refractivity contribution < 1.29 is 13.9 Å². The molecule has 0 N–H and O–H groups in total. The molecule has 0 saturated carbocycles. The molecule has 1 fully saturated rings. The lowest BCUT2D eigenvalue weighted by molar-refractivity contribution is 0.0219. The number of halogens is 2. The first-order chi connectivity index (χ1) is 11.0. The third kappa shape index (κ3) is 3.26. The first-order valence-corrected chi connectivity index (χ1v) is 8.34. The van der Waals surface area contributed by atoms with Crippen LogP contribution in [0.5, 0.6) is 6.01 Å². The molecule has 1 saturated heterocycles. The molecular formula is C16H19BrFN3O2. The first kappa shape index (κ1) is 16.4. The molecule has 0 spiro atoms. The second-order valence-electron chi connectivity index (χ2n) is 5.87. The minimum atomic E-state index is -0.387. The maximum Gasteiger partial charge on any atom is 0.319 e. The second kappa shape index (κ2) is 6.57. The molecular weight excluding hydrogens is 365 g/mol. The second-order valence-corrected chi connectivity index (χ2v) is 6.66. The van der Waals surface area contributed by atoms with Crippen molar-refractivity contribution in [2.45, 2.75) is 25.9 Å². The van der Waals surface area contributed by atoms with Crippen LogP contribution in [0.15, 0.2) is 10.5 Å². The highest BCUT2D eigenvalue weighted by Gasteiger charge is 2.21. The van der Waals surface area contributed by atoms with Crippen molar-refractivity contribution in [1.29, 1.82) is 0 Å². The molecule has 0 amide bonds. The lowest BCUT2D eigenvalue weighted by Crippen LogP contribution is -2.27. The van der Waals surface area contributed by atoms with Crippen molar-refractivity contribution in [2.24, 2.45) is 0 Å². The van der Waals surface area contributed by atoms with Crippen LogP contribution in [0.3, 0.4) is 0 Å². The van der Waals surface area contributed by atoms with Crippen LogP contribution in [0, 0.1) is 12.7 Å². The van der Waals surface area contributed by atoms with Crippen molar-refractivity contribution >= 4 is 32.7 Å². The Kier molecular flexibility index (Phi) is 4.68. The molecule has 1 aromatic heterocycles. The fraction of sp³-hybridized carbons (Fsp3) is 0.500. The highest BCUT2D eigenvalue weighted by atomic mass is 79.9. The monoisotopic (exact) mass is 383 g/mol. The molecule has 2 heterocycles. The highest BCUT2D eigenvalue weighted by molar-refractivity contribution is 9.10. The summed E-state index contributed by atoms with van der Waals surface area (Å²) in [4.78, 5) is 10.6. The van der Waals surface area contributed by atoms with Gasteiger partial charge >= 0.3 is 6.01 Å². The van der Waals surface area contributed by atoms with Gasteiger partial charge in [0.05, 0.1) is 17.7 Å².